The van der Waals surface area contributed by atoms with Gasteiger partial charge in [-0.3, -0.25) is 14.9 Å². The van der Waals surface area contributed by atoms with Crippen molar-refractivity contribution in [3.8, 4) is 0 Å². The molecule has 25 heavy (non-hydrogen) atoms. The van der Waals surface area contributed by atoms with Crippen LogP contribution in [0.3, 0.4) is 0 Å². The molecule has 0 radical (unpaired) electrons. The number of carbonyl (C=O) groups excluding carboxylic acids is 2. The van der Waals surface area contributed by atoms with E-state index >= 15 is 0 Å². The van der Waals surface area contributed by atoms with Crippen LogP contribution >= 0.6 is 0 Å². The fourth-order valence-corrected chi connectivity index (χ4v) is 1.96. The van der Waals surface area contributed by atoms with Crippen LogP contribution in [0.25, 0.3) is 0 Å². The Morgan fingerprint density at radius 2 is 1.80 bits per heavy atom. The maximum atomic E-state index is 13.2. The molecule has 2 rings (SSSR count). The van der Waals surface area contributed by atoms with Gasteiger partial charge in [0.05, 0.1) is 17.1 Å². The largest absolute Gasteiger partial charge is 0.462 e. The summed E-state index contributed by atoms with van der Waals surface area (Å²) in [6, 6.07) is 5.75. The van der Waals surface area contributed by atoms with Crippen LogP contribution in [-0.4, -0.2) is 23.4 Å². The van der Waals surface area contributed by atoms with E-state index in [9.17, 15) is 28.5 Å². The lowest BCUT2D eigenvalue weighted by Crippen LogP contribution is -2.14. The zero-order valence-corrected chi connectivity index (χ0v) is 12.9. The van der Waals surface area contributed by atoms with Crippen molar-refractivity contribution >= 4 is 23.3 Å². The first kappa shape index (κ1) is 18.0. The highest BCUT2D eigenvalue weighted by atomic mass is 19.2. The summed E-state index contributed by atoms with van der Waals surface area (Å²) in [5.74, 6) is -3.91. The number of carbonyl (C=O) groups is 2. The first-order chi connectivity index (χ1) is 11.8. The normalized spacial score (nSPS) is 10.2. The van der Waals surface area contributed by atoms with Crippen molar-refractivity contribution in [2.24, 2.45) is 0 Å². The van der Waals surface area contributed by atoms with Crippen molar-refractivity contribution in [2.75, 3.05) is 11.9 Å². The number of hydrogen-bond acceptors (Lipinski definition) is 5. The number of amides is 1. The van der Waals surface area contributed by atoms with Gasteiger partial charge in [-0.25, -0.2) is 13.6 Å². The van der Waals surface area contributed by atoms with Crippen molar-refractivity contribution in [1.82, 2.24) is 0 Å². The minimum Gasteiger partial charge on any atom is -0.462 e. The van der Waals surface area contributed by atoms with Gasteiger partial charge in [-0.2, -0.15) is 0 Å². The van der Waals surface area contributed by atoms with E-state index in [2.05, 4.69) is 5.32 Å². The average Bonchev–Trinajstić information content (AvgIpc) is 2.58. The SMILES string of the molecule is CCOC(=O)c1cc(C(=O)Nc2ccc(F)c(F)c2)cc([N+](=O)[O-])c1. The molecule has 1 amide bonds. The van der Waals surface area contributed by atoms with Crippen LogP contribution < -0.4 is 5.32 Å². The number of nitro groups is 1. The molecule has 130 valence electrons. The molecule has 0 unspecified atom stereocenters. The molecule has 0 aromatic heterocycles. The Balaban J connectivity index is 2.35. The topological polar surface area (TPSA) is 98.5 Å². The molecule has 0 heterocycles. The van der Waals surface area contributed by atoms with Gasteiger partial charge in [0.1, 0.15) is 0 Å². The number of nitrogens with one attached hydrogen (secondary N) is 1. The molecule has 9 heteroatoms. The van der Waals surface area contributed by atoms with Gasteiger partial charge in [0.15, 0.2) is 11.6 Å². The van der Waals surface area contributed by atoms with E-state index in [0.717, 1.165) is 36.4 Å². The molecule has 0 spiro atoms. The third-order valence-corrected chi connectivity index (χ3v) is 3.08. The molecule has 0 fully saturated rings. The molecular formula is C16H12F2N2O5. The lowest BCUT2D eigenvalue weighted by Gasteiger charge is -2.08. The summed E-state index contributed by atoms with van der Waals surface area (Å²) < 4.78 is 30.8. The Morgan fingerprint density at radius 1 is 1.12 bits per heavy atom. The van der Waals surface area contributed by atoms with Crippen LogP contribution in [0, 0.1) is 21.7 Å². The first-order valence-electron chi connectivity index (χ1n) is 7.04. The standard InChI is InChI=1S/C16H12F2N2O5/c1-2-25-16(22)10-5-9(6-12(7-10)20(23)24)15(21)19-11-3-4-13(17)14(18)8-11/h3-8H,2H2,1H3,(H,19,21). The summed E-state index contributed by atoms with van der Waals surface area (Å²) in [4.78, 5) is 34.2. The summed E-state index contributed by atoms with van der Waals surface area (Å²) in [7, 11) is 0. The molecule has 1 N–H and O–H groups in total. The fourth-order valence-electron chi connectivity index (χ4n) is 1.96. The Morgan fingerprint density at radius 3 is 2.40 bits per heavy atom. The number of esters is 1. The number of non-ortho nitro benzene ring substituents is 1. The molecule has 2 aromatic carbocycles. The monoisotopic (exact) mass is 350 g/mol. The first-order valence-corrected chi connectivity index (χ1v) is 7.04. The average molecular weight is 350 g/mol. The van der Waals surface area contributed by atoms with E-state index in [4.69, 9.17) is 4.74 Å². The summed E-state index contributed by atoms with van der Waals surface area (Å²) in [6.07, 6.45) is 0. The van der Waals surface area contributed by atoms with E-state index in [-0.39, 0.29) is 23.4 Å². The Labute approximate surface area is 140 Å². The van der Waals surface area contributed by atoms with Crippen LogP contribution in [0.15, 0.2) is 36.4 Å². The molecular weight excluding hydrogens is 338 g/mol. The smallest absolute Gasteiger partial charge is 0.338 e. The van der Waals surface area contributed by atoms with Crippen molar-refractivity contribution in [2.45, 2.75) is 6.92 Å². The molecule has 2 aromatic rings. The quantitative estimate of drug-likeness (QED) is 0.507. The van der Waals surface area contributed by atoms with E-state index in [1.54, 1.807) is 6.92 Å². The second-order valence-corrected chi connectivity index (χ2v) is 4.83. The highest BCUT2D eigenvalue weighted by Gasteiger charge is 2.19. The van der Waals surface area contributed by atoms with Crippen LogP contribution in [-0.2, 0) is 4.74 Å². The third-order valence-electron chi connectivity index (χ3n) is 3.08. The Kier molecular flexibility index (Phi) is 5.38. The van der Waals surface area contributed by atoms with Gasteiger partial charge in [-0.05, 0) is 25.1 Å². The van der Waals surface area contributed by atoms with E-state index in [1.807, 2.05) is 0 Å². The molecule has 0 atom stereocenters. The number of anilines is 1. The van der Waals surface area contributed by atoms with Crippen LogP contribution in [0.4, 0.5) is 20.2 Å². The number of rotatable bonds is 5. The number of benzene rings is 2. The van der Waals surface area contributed by atoms with Crippen LogP contribution in [0.2, 0.25) is 0 Å². The molecule has 0 aliphatic heterocycles. The highest BCUT2D eigenvalue weighted by molar-refractivity contribution is 6.06. The summed E-state index contributed by atoms with van der Waals surface area (Å²) >= 11 is 0. The zero-order chi connectivity index (χ0) is 18.6. The maximum Gasteiger partial charge on any atom is 0.338 e. The van der Waals surface area contributed by atoms with Gasteiger partial charge in [0, 0.05) is 29.4 Å². The number of nitrogens with zero attached hydrogens (tertiary/aromatic N) is 1. The van der Waals surface area contributed by atoms with Crippen molar-refractivity contribution in [3.63, 3.8) is 0 Å². The van der Waals surface area contributed by atoms with Crippen molar-refractivity contribution in [1.29, 1.82) is 0 Å². The van der Waals surface area contributed by atoms with Gasteiger partial charge in [0.2, 0.25) is 0 Å². The number of halogens is 2. The predicted molar refractivity (Wildman–Crippen MR) is 83.4 cm³/mol. The number of ether oxygens (including phenoxy) is 1. The van der Waals surface area contributed by atoms with Gasteiger partial charge in [0.25, 0.3) is 11.6 Å². The third kappa shape index (κ3) is 4.34. The molecule has 0 bridgehead atoms. The number of hydrogen-bond donors (Lipinski definition) is 1. The van der Waals surface area contributed by atoms with Gasteiger partial charge in [-0.1, -0.05) is 0 Å². The van der Waals surface area contributed by atoms with Crippen LogP contribution in [0.5, 0.6) is 0 Å². The van der Waals surface area contributed by atoms with Gasteiger partial charge < -0.3 is 10.1 Å². The minimum atomic E-state index is -1.16. The lowest BCUT2D eigenvalue weighted by molar-refractivity contribution is -0.384. The van der Waals surface area contributed by atoms with E-state index in [0.29, 0.717) is 0 Å². The highest BCUT2D eigenvalue weighted by Crippen LogP contribution is 2.20. The van der Waals surface area contributed by atoms with Gasteiger partial charge >= 0.3 is 5.97 Å². The van der Waals surface area contributed by atoms with E-state index in [1.165, 1.54) is 0 Å². The molecule has 0 aliphatic rings. The number of nitro benzene ring substituents is 1. The Hall–Kier alpha value is -3.36. The summed E-state index contributed by atoms with van der Waals surface area (Å²) in [5, 5.41) is 13.2. The second-order valence-electron chi connectivity index (χ2n) is 4.83. The predicted octanol–water partition coefficient (Wildman–Crippen LogP) is 3.30. The summed E-state index contributed by atoms with van der Waals surface area (Å²) in [6.45, 7) is 1.61. The fraction of sp³-hybridized carbons (Fsp3) is 0.125. The van der Waals surface area contributed by atoms with Crippen molar-refractivity contribution in [3.05, 3.63) is 69.3 Å². The minimum absolute atomic E-state index is 0.0481. The maximum absolute atomic E-state index is 13.2. The second kappa shape index (κ2) is 7.47. The van der Waals surface area contributed by atoms with E-state index < -0.39 is 34.1 Å². The molecule has 0 aliphatic carbocycles. The zero-order valence-electron chi connectivity index (χ0n) is 12.9. The summed E-state index contributed by atoms with van der Waals surface area (Å²) in [5.41, 5.74) is -0.914. The Bertz CT molecular complexity index is 854. The molecule has 7 nitrogen and oxygen atoms in total. The van der Waals surface area contributed by atoms with Crippen molar-refractivity contribution < 1.29 is 28.0 Å². The molecule has 0 saturated carbocycles. The lowest BCUT2D eigenvalue weighted by atomic mass is 10.1. The molecule has 0 saturated heterocycles. The van der Waals surface area contributed by atoms with Crippen LogP contribution in [0.1, 0.15) is 27.6 Å². The van der Waals surface area contributed by atoms with Gasteiger partial charge in [-0.15, -0.1) is 0 Å².